The van der Waals surface area contributed by atoms with Gasteiger partial charge in [0.25, 0.3) is 0 Å². The van der Waals surface area contributed by atoms with Crippen LogP contribution in [0, 0.1) is 0 Å². The van der Waals surface area contributed by atoms with Gasteiger partial charge in [-0.25, -0.2) is 4.79 Å². The molecule has 2 aromatic rings. The predicted molar refractivity (Wildman–Crippen MR) is 117 cm³/mol. The van der Waals surface area contributed by atoms with Crippen LogP contribution < -0.4 is 0 Å². The largest absolute Gasteiger partial charge is 0.444 e. The number of amides is 1. The molecule has 0 saturated carbocycles. The fourth-order valence-corrected chi connectivity index (χ4v) is 4.89. The number of hydrogen-bond acceptors (Lipinski definition) is 4. The summed E-state index contributed by atoms with van der Waals surface area (Å²) in [5.41, 5.74) is 1.91. The van der Waals surface area contributed by atoms with Crippen molar-refractivity contribution in [1.82, 2.24) is 9.80 Å². The first-order valence-corrected chi connectivity index (χ1v) is 10.8. The lowest BCUT2D eigenvalue weighted by Crippen LogP contribution is -2.60. The molecule has 1 amide bonds. The Morgan fingerprint density at radius 1 is 0.967 bits per heavy atom. The van der Waals surface area contributed by atoms with Crippen molar-refractivity contribution in [2.24, 2.45) is 0 Å². The summed E-state index contributed by atoms with van der Waals surface area (Å²) in [6.07, 6.45) is 0.0585. The smallest absolute Gasteiger partial charge is 0.410 e. The number of nitrogens with zero attached hydrogens (tertiary/aromatic N) is 2. The lowest BCUT2D eigenvalue weighted by atomic mass is 9.82. The maximum Gasteiger partial charge on any atom is 0.410 e. The van der Waals surface area contributed by atoms with Crippen LogP contribution in [0.4, 0.5) is 4.79 Å². The van der Waals surface area contributed by atoms with Crippen LogP contribution in [0.2, 0.25) is 0 Å². The van der Waals surface area contributed by atoms with Crippen molar-refractivity contribution >= 4 is 6.09 Å². The minimum atomic E-state index is -0.531. The fourth-order valence-electron chi connectivity index (χ4n) is 4.89. The Morgan fingerprint density at radius 3 is 2.07 bits per heavy atom. The Balaban J connectivity index is 1.71. The summed E-state index contributed by atoms with van der Waals surface area (Å²) < 4.78 is 5.70. The van der Waals surface area contributed by atoms with Crippen molar-refractivity contribution in [3.63, 3.8) is 0 Å². The molecular weight excluding hydrogens is 376 g/mol. The number of carbonyl (C=O) groups excluding carboxylic acids is 1. The number of hydrogen-bond donors (Lipinski definition) is 1. The summed E-state index contributed by atoms with van der Waals surface area (Å²) in [6, 6.07) is 21.2. The van der Waals surface area contributed by atoms with Crippen LogP contribution in [-0.4, -0.2) is 64.4 Å². The molecule has 2 heterocycles. The number of ether oxygens (including phenoxy) is 1. The van der Waals surface area contributed by atoms with E-state index in [2.05, 4.69) is 53.4 Å². The molecule has 0 aliphatic carbocycles. The molecule has 2 aliphatic rings. The van der Waals surface area contributed by atoms with Crippen molar-refractivity contribution in [3.05, 3.63) is 71.8 Å². The molecule has 30 heavy (non-hydrogen) atoms. The second-order valence-corrected chi connectivity index (χ2v) is 9.49. The molecule has 2 aromatic carbocycles. The van der Waals surface area contributed by atoms with Gasteiger partial charge >= 0.3 is 6.09 Å². The molecule has 0 radical (unpaired) electrons. The zero-order valence-electron chi connectivity index (χ0n) is 18.1. The molecule has 5 heteroatoms. The summed E-state index contributed by atoms with van der Waals surface area (Å²) >= 11 is 0. The molecule has 2 aliphatic heterocycles. The average molecular weight is 409 g/mol. The summed E-state index contributed by atoms with van der Waals surface area (Å²) in [7, 11) is 0. The van der Waals surface area contributed by atoms with Crippen LogP contribution in [0.1, 0.15) is 44.2 Å². The third-order valence-corrected chi connectivity index (χ3v) is 6.05. The molecule has 2 fully saturated rings. The van der Waals surface area contributed by atoms with Gasteiger partial charge in [-0.2, -0.15) is 0 Å². The minimum absolute atomic E-state index is 0.0678. The second-order valence-electron chi connectivity index (χ2n) is 9.49. The molecule has 0 unspecified atom stereocenters. The van der Waals surface area contributed by atoms with Crippen LogP contribution >= 0.6 is 0 Å². The maximum absolute atomic E-state index is 12.9. The number of aliphatic hydroxyl groups excluding tert-OH is 1. The molecule has 0 spiro atoms. The van der Waals surface area contributed by atoms with Gasteiger partial charge in [-0.3, -0.25) is 4.90 Å². The number of aliphatic hydroxyl groups is 1. The van der Waals surface area contributed by atoms with Gasteiger partial charge in [-0.05, 0) is 38.3 Å². The molecule has 4 rings (SSSR count). The van der Waals surface area contributed by atoms with Crippen LogP contribution in [0.15, 0.2) is 60.7 Å². The highest BCUT2D eigenvalue weighted by atomic mass is 16.6. The maximum atomic E-state index is 12.9. The molecule has 0 bridgehead atoms. The Labute approximate surface area is 179 Å². The van der Waals surface area contributed by atoms with Crippen LogP contribution in [0.25, 0.3) is 0 Å². The van der Waals surface area contributed by atoms with Gasteiger partial charge < -0.3 is 14.7 Å². The standard InChI is InChI=1S/C25H32N2O3/c1-25(2,3)30-24(29)26-15-20-14-21(28)16-27(20)22(17-26)23(18-10-6-4-7-11-18)19-12-8-5-9-13-19/h4-13,20-23,28H,14-17H2,1-3H3/t20-,21+,22+/m0/s1. The molecule has 2 saturated heterocycles. The zero-order valence-corrected chi connectivity index (χ0v) is 18.1. The first-order valence-electron chi connectivity index (χ1n) is 10.8. The highest BCUT2D eigenvalue weighted by Crippen LogP contribution is 2.38. The topological polar surface area (TPSA) is 53.0 Å². The summed E-state index contributed by atoms with van der Waals surface area (Å²) in [5.74, 6) is 0.102. The van der Waals surface area contributed by atoms with E-state index < -0.39 is 5.60 Å². The molecule has 5 nitrogen and oxygen atoms in total. The number of carbonyl (C=O) groups is 1. The Kier molecular flexibility index (Phi) is 5.85. The van der Waals surface area contributed by atoms with Gasteiger partial charge in [-0.15, -0.1) is 0 Å². The van der Waals surface area contributed by atoms with E-state index in [0.717, 1.165) is 0 Å². The van der Waals surface area contributed by atoms with E-state index in [4.69, 9.17) is 4.74 Å². The SMILES string of the molecule is CC(C)(C)OC(=O)N1C[C@@H]2C[C@@H](O)CN2[C@@H](C(c2ccccc2)c2ccccc2)C1. The van der Waals surface area contributed by atoms with Crippen molar-refractivity contribution in [1.29, 1.82) is 0 Å². The van der Waals surface area contributed by atoms with E-state index in [1.165, 1.54) is 11.1 Å². The van der Waals surface area contributed by atoms with Gasteiger partial charge in [-0.1, -0.05) is 60.7 Å². The van der Waals surface area contributed by atoms with E-state index in [-0.39, 0.29) is 30.2 Å². The van der Waals surface area contributed by atoms with Crippen LogP contribution in [0.3, 0.4) is 0 Å². The molecule has 160 valence electrons. The molecule has 1 N–H and O–H groups in total. The van der Waals surface area contributed by atoms with E-state index in [1.54, 1.807) is 0 Å². The first kappa shape index (κ1) is 20.9. The van der Waals surface area contributed by atoms with Gasteiger partial charge in [0.2, 0.25) is 0 Å². The number of benzene rings is 2. The van der Waals surface area contributed by atoms with Crippen molar-refractivity contribution in [2.75, 3.05) is 19.6 Å². The third kappa shape index (κ3) is 4.52. The predicted octanol–water partition coefficient (Wildman–Crippen LogP) is 3.87. The Bertz CT molecular complexity index is 810. The van der Waals surface area contributed by atoms with Gasteiger partial charge in [0.15, 0.2) is 0 Å². The second kappa shape index (κ2) is 8.40. The van der Waals surface area contributed by atoms with Crippen LogP contribution in [-0.2, 0) is 4.74 Å². The highest BCUT2D eigenvalue weighted by molar-refractivity contribution is 5.68. The first-order chi connectivity index (χ1) is 14.3. The van der Waals surface area contributed by atoms with Gasteiger partial charge in [0, 0.05) is 37.6 Å². The van der Waals surface area contributed by atoms with Gasteiger partial charge in [0.1, 0.15) is 5.60 Å². The van der Waals surface area contributed by atoms with E-state index in [1.807, 2.05) is 37.8 Å². The summed E-state index contributed by atoms with van der Waals surface area (Å²) in [6.45, 7) is 7.51. The quantitative estimate of drug-likeness (QED) is 0.838. The lowest BCUT2D eigenvalue weighted by Gasteiger charge is -2.46. The zero-order chi connectivity index (χ0) is 21.3. The van der Waals surface area contributed by atoms with Crippen molar-refractivity contribution in [2.45, 2.75) is 56.9 Å². The highest BCUT2D eigenvalue weighted by Gasteiger charge is 2.46. The molecular formula is C25H32N2O3. The summed E-state index contributed by atoms with van der Waals surface area (Å²) in [5, 5.41) is 10.4. The minimum Gasteiger partial charge on any atom is -0.444 e. The molecule has 0 aromatic heterocycles. The average Bonchev–Trinajstić information content (AvgIpc) is 3.09. The summed E-state index contributed by atoms with van der Waals surface area (Å²) in [4.78, 5) is 17.2. The van der Waals surface area contributed by atoms with Crippen LogP contribution in [0.5, 0.6) is 0 Å². The third-order valence-electron chi connectivity index (χ3n) is 6.05. The lowest BCUT2D eigenvalue weighted by molar-refractivity contribution is -0.00698. The van der Waals surface area contributed by atoms with E-state index in [9.17, 15) is 9.90 Å². The monoisotopic (exact) mass is 408 g/mol. The van der Waals surface area contributed by atoms with E-state index in [0.29, 0.717) is 26.1 Å². The number of piperazine rings is 1. The number of fused-ring (bicyclic) bond motifs is 1. The normalized spacial score (nSPS) is 24.7. The Hall–Kier alpha value is -2.37. The number of rotatable bonds is 3. The fraction of sp³-hybridized carbons (Fsp3) is 0.480. The van der Waals surface area contributed by atoms with Gasteiger partial charge in [0.05, 0.1) is 6.10 Å². The van der Waals surface area contributed by atoms with Crippen molar-refractivity contribution < 1.29 is 14.6 Å². The Morgan fingerprint density at radius 2 is 1.53 bits per heavy atom. The van der Waals surface area contributed by atoms with Crippen molar-refractivity contribution in [3.8, 4) is 0 Å². The van der Waals surface area contributed by atoms with E-state index >= 15 is 0 Å². The molecule has 3 atom stereocenters.